The van der Waals surface area contributed by atoms with Crippen molar-refractivity contribution in [2.75, 3.05) is 19.6 Å². The molecule has 1 fully saturated rings. The van der Waals surface area contributed by atoms with Crippen LogP contribution in [0.4, 0.5) is 0 Å². The summed E-state index contributed by atoms with van der Waals surface area (Å²) in [5.41, 5.74) is 2.13. The zero-order valence-electron chi connectivity index (χ0n) is 19.1. The molecule has 1 aromatic carbocycles. The van der Waals surface area contributed by atoms with Crippen LogP contribution in [0.1, 0.15) is 27.6 Å². The average molecular weight is 523 g/mol. The van der Waals surface area contributed by atoms with Gasteiger partial charge >= 0.3 is 0 Å². The monoisotopic (exact) mass is 522 g/mol. The third kappa shape index (κ3) is 4.31. The van der Waals surface area contributed by atoms with E-state index >= 15 is 0 Å². The average Bonchev–Trinajstić information content (AvgIpc) is 3.34. The van der Waals surface area contributed by atoms with Crippen LogP contribution in [0.15, 0.2) is 55.0 Å². The number of hydrogen-bond acceptors (Lipinski definition) is 6. The number of rotatable bonds is 4. The summed E-state index contributed by atoms with van der Waals surface area (Å²) in [5, 5.41) is 0.627. The van der Waals surface area contributed by atoms with Crippen molar-refractivity contribution in [2.24, 2.45) is 0 Å². The number of piperazine rings is 1. The van der Waals surface area contributed by atoms with Gasteiger partial charge in [0.15, 0.2) is 10.3 Å². The number of nitrogens with zero attached hydrogens (tertiary/aromatic N) is 5. The van der Waals surface area contributed by atoms with Crippen LogP contribution in [0.3, 0.4) is 0 Å². The van der Waals surface area contributed by atoms with E-state index in [4.69, 9.17) is 23.2 Å². The molecule has 0 radical (unpaired) electrons. The summed E-state index contributed by atoms with van der Waals surface area (Å²) in [6.45, 7) is 2.77. The fourth-order valence-electron chi connectivity index (χ4n) is 4.36. The molecule has 4 heterocycles. The fraction of sp³-hybridized carbons (Fsp3) is 0.200. The lowest BCUT2D eigenvalue weighted by Crippen LogP contribution is -2.56. The Morgan fingerprint density at radius 2 is 1.81 bits per heavy atom. The number of hydrogen-bond donors (Lipinski definition) is 1. The molecule has 36 heavy (non-hydrogen) atoms. The Morgan fingerprint density at radius 1 is 1.03 bits per heavy atom. The molecule has 0 aliphatic carbocycles. The summed E-state index contributed by atoms with van der Waals surface area (Å²) in [6.07, 6.45) is 4.44. The van der Waals surface area contributed by atoms with Crippen LogP contribution < -0.4 is 0 Å². The Balaban J connectivity index is 1.36. The number of halogens is 2. The van der Waals surface area contributed by atoms with Crippen molar-refractivity contribution in [2.45, 2.75) is 13.0 Å². The Hall–Kier alpha value is -3.82. The van der Waals surface area contributed by atoms with Gasteiger partial charge in [0.05, 0.1) is 17.3 Å². The first-order valence-corrected chi connectivity index (χ1v) is 11.9. The fourth-order valence-corrected chi connectivity index (χ4v) is 4.59. The Labute approximate surface area is 216 Å². The third-order valence-corrected chi connectivity index (χ3v) is 6.81. The number of benzene rings is 1. The molecule has 1 unspecified atom stereocenters. The first kappa shape index (κ1) is 23.9. The van der Waals surface area contributed by atoms with Gasteiger partial charge in [0.1, 0.15) is 11.4 Å². The highest BCUT2D eigenvalue weighted by atomic mass is 35.5. The van der Waals surface area contributed by atoms with E-state index in [0.717, 1.165) is 0 Å². The van der Waals surface area contributed by atoms with Crippen LogP contribution in [0.25, 0.3) is 22.3 Å². The number of carbonyl (C=O) groups excluding carboxylic acids is 3. The molecular weight excluding hydrogens is 503 g/mol. The van der Waals surface area contributed by atoms with Crippen LogP contribution >= 0.6 is 23.2 Å². The van der Waals surface area contributed by atoms with Gasteiger partial charge in [-0.1, -0.05) is 41.4 Å². The second kappa shape index (κ2) is 9.67. The van der Waals surface area contributed by atoms with E-state index in [1.165, 1.54) is 23.5 Å². The van der Waals surface area contributed by atoms with Gasteiger partial charge in [-0.15, -0.1) is 0 Å². The molecule has 1 N–H and O–H groups in total. The topological polar surface area (TPSA) is 112 Å². The summed E-state index contributed by atoms with van der Waals surface area (Å²) in [5.74, 6) is -1.36. The van der Waals surface area contributed by atoms with E-state index in [2.05, 4.69) is 19.9 Å². The number of Topliss-reactive ketones (excluding diaryl/α,β-unsaturated/α-hetero) is 1. The SMILES string of the molecule is CC1CN(C(=O)c2ccccc2)CCN1C(=O)C(=O)c1c[nH]c2c(-c3cnc(Cl)c(Cl)n3)nccc12. The second-order valence-electron chi connectivity index (χ2n) is 8.42. The molecule has 1 atom stereocenters. The van der Waals surface area contributed by atoms with E-state index in [9.17, 15) is 14.4 Å². The van der Waals surface area contributed by atoms with E-state index in [-0.39, 0.29) is 34.4 Å². The molecule has 4 aromatic rings. The molecule has 0 saturated carbocycles. The Morgan fingerprint density at radius 3 is 2.53 bits per heavy atom. The molecule has 0 spiro atoms. The van der Waals surface area contributed by atoms with Gasteiger partial charge in [0, 0.05) is 49.0 Å². The van der Waals surface area contributed by atoms with Crippen LogP contribution in [0.2, 0.25) is 10.3 Å². The van der Waals surface area contributed by atoms with E-state index in [0.29, 0.717) is 40.9 Å². The second-order valence-corrected chi connectivity index (χ2v) is 9.13. The molecule has 5 rings (SSSR count). The zero-order valence-corrected chi connectivity index (χ0v) is 20.6. The van der Waals surface area contributed by atoms with Crippen LogP contribution in [-0.4, -0.2) is 73.0 Å². The van der Waals surface area contributed by atoms with Gasteiger partial charge in [-0.2, -0.15) is 0 Å². The van der Waals surface area contributed by atoms with Crippen molar-refractivity contribution < 1.29 is 14.4 Å². The number of amides is 2. The Kier molecular flexibility index (Phi) is 6.42. The number of pyridine rings is 1. The maximum absolute atomic E-state index is 13.3. The van der Waals surface area contributed by atoms with Gasteiger partial charge in [0.2, 0.25) is 0 Å². The summed E-state index contributed by atoms with van der Waals surface area (Å²) < 4.78 is 0. The molecule has 9 nitrogen and oxygen atoms in total. The standard InChI is InChI=1S/C25H20Cl2N6O3/c1-14-13-32(24(35)15-5-3-2-4-6-15)9-10-33(14)25(36)21(34)17-11-29-19-16(17)7-8-28-20(19)18-12-30-22(26)23(27)31-18/h2-8,11-12,14,29H,9-10,13H2,1H3. The normalized spacial score (nSPS) is 15.8. The van der Waals surface area contributed by atoms with Crippen molar-refractivity contribution >= 4 is 51.7 Å². The molecule has 3 aromatic heterocycles. The van der Waals surface area contributed by atoms with E-state index < -0.39 is 11.7 Å². The van der Waals surface area contributed by atoms with Crippen molar-refractivity contribution in [1.29, 1.82) is 0 Å². The number of nitrogens with one attached hydrogen (secondary N) is 1. The molecule has 0 bridgehead atoms. The third-order valence-electron chi connectivity index (χ3n) is 6.17. The maximum Gasteiger partial charge on any atom is 0.295 e. The number of aromatic amines is 1. The lowest BCUT2D eigenvalue weighted by Gasteiger charge is -2.39. The van der Waals surface area contributed by atoms with Crippen LogP contribution in [0.5, 0.6) is 0 Å². The molecule has 1 aliphatic rings. The molecule has 1 aliphatic heterocycles. The largest absolute Gasteiger partial charge is 0.359 e. The number of ketones is 1. The quantitative estimate of drug-likeness (QED) is 0.321. The van der Waals surface area contributed by atoms with Gasteiger partial charge in [-0.05, 0) is 25.1 Å². The summed E-state index contributed by atoms with van der Waals surface area (Å²) in [7, 11) is 0. The molecular formula is C25H20Cl2N6O3. The van der Waals surface area contributed by atoms with Crippen LogP contribution in [-0.2, 0) is 4.79 Å². The van der Waals surface area contributed by atoms with E-state index in [1.807, 2.05) is 25.1 Å². The molecule has 2 amide bonds. The van der Waals surface area contributed by atoms with Crippen LogP contribution in [0, 0.1) is 0 Å². The minimum absolute atomic E-state index is 0.0323. The number of fused-ring (bicyclic) bond motifs is 1. The smallest absolute Gasteiger partial charge is 0.295 e. The first-order chi connectivity index (χ1) is 17.3. The minimum Gasteiger partial charge on any atom is -0.359 e. The predicted octanol–water partition coefficient (Wildman–Crippen LogP) is 3.88. The first-order valence-electron chi connectivity index (χ1n) is 11.2. The number of aromatic nitrogens is 4. The molecule has 182 valence electrons. The van der Waals surface area contributed by atoms with Gasteiger partial charge in [0.25, 0.3) is 17.6 Å². The van der Waals surface area contributed by atoms with Crippen molar-refractivity contribution in [3.8, 4) is 11.4 Å². The van der Waals surface area contributed by atoms with Gasteiger partial charge in [-0.25, -0.2) is 9.97 Å². The number of carbonyl (C=O) groups is 3. The highest BCUT2D eigenvalue weighted by Gasteiger charge is 2.34. The predicted molar refractivity (Wildman–Crippen MR) is 135 cm³/mol. The van der Waals surface area contributed by atoms with Crippen molar-refractivity contribution in [1.82, 2.24) is 29.7 Å². The van der Waals surface area contributed by atoms with E-state index in [1.54, 1.807) is 23.1 Å². The minimum atomic E-state index is -0.645. The zero-order chi connectivity index (χ0) is 25.4. The maximum atomic E-state index is 13.3. The lowest BCUT2D eigenvalue weighted by molar-refractivity contribution is -0.130. The Bertz CT molecular complexity index is 1490. The highest BCUT2D eigenvalue weighted by Crippen LogP contribution is 2.29. The van der Waals surface area contributed by atoms with Gasteiger partial charge < -0.3 is 14.8 Å². The lowest BCUT2D eigenvalue weighted by atomic mass is 10.1. The molecule has 11 heteroatoms. The summed E-state index contributed by atoms with van der Waals surface area (Å²) >= 11 is 11.9. The van der Waals surface area contributed by atoms with Gasteiger partial charge in [-0.3, -0.25) is 19.4 Å². The number of H-pyrrole nitrogens is 1. The van der Waals surface area contributed by atoms with Crippen molar-refractivity contribution in [3.63, 3.8) is 0 Å². The summed E-state index contributed by atoms with van der Waals surface area (Å²) in [4.78, 5) is 58.1. The summed E-state index contributed by atoms with van der Waals surface area (Å²) in [6, 6.07) is 10.3. The van der Waals surface area contributed by atoms with Crippen molar-refractivity contribution in [3.05, 3.63) is 76.4 Å². The highest BCUT2D eigenvalue weighted by molar-refractivity contribution is 6.45. The molecule has 1 saturated heterocycles.